The van der Waals surface area contributed by atoms with Gasteiger partial charge in [0, 0.05) is 27.5 Å². The summed E-state index contributed by atoms with van der Waals surface area (Å²) in [6, 6.07) is 5.80. The van der Waals surface area contributed by atoms with Crippen LogP contribution < -0.4 is 5.56 Å². The second-order valence-electron chi connectivity index (χ2n) is 4.40. The molecule has 0 bridgehead atoms. The molecule has 0 saturated carbocycles. The maximum atomic E-state index is 12.3. The van der Waals surface area contributed by atoms with E-state index >= 15 is 0 Å². The highest BCUT2D eigenvalue weighted by molar-refractivity contribution is 8.00. The van der Waals surface area contributed by atoms with E-state index in [2.05, 4.69) is 9.97 Å². The molecule has 110 valence electrons. The van der Waals surface area contributed by atoms with Crippen molar-refractivity contribution in [3.05, 3.63) is 45.9 Å². The molecule has 3 rings (SSSR count). The van der Waals surface area contributed by atoms with E-state index in [4.69, 9.17) is 0 Å². The normalized spacial score (nSPS) is 14.2. The number of aromatic amines is 1. The summed E-state index contributed by atoms with van der Waals surface area (Å²) in [6.07, 6.45) is 0. The fraction of sp³-hybridized carbons (Fsp3) is 0.231. The van der Waals surface area contributed by atoms with Crippen molar-refractivity contribution in [2.75, 3.05) is 0 Å². The molecule has 0 spiro atoms. The maximum Gasteiger partial charge on any atom is 0.446 e. The fourth-order valence-electron chi connectivity index (χ4n) is 2.01. The Balaban J connectivity index is 1.91. The number of hydrogen-bond acceptors (Lipinski definition) is 4. The lowest BCUT2D eigenvalue weighted by Crippen LogP contribution is -2.15. The summed E-state index contributed by atoms with van der Waals surface area (Å²) in [5.41, 5.74) is -2.44. The Bertz CT molecular complexity index is 726. The lowest BCUT2D eigenvalue weighted by molar-refractivity contribution is -0.0328. The van der Waals surface area contributed by atoms with Crippen molar-refractivity contribution < 1.29 is 13.2 Å². The number of hydrogen-bond donors (Lipinski definition) is 1. The highest BCUT2D eigenvalue weighted by atomic mass is 32.2. The van der Waals surface area contributed by atoms with Crippen molar-refractivity contribution in [2.24, 2.45) is 0 Å². The molecule has 1 aromatic carbocycles. The zero-order chi connectivity index (χ0) is 15.0. The van der Waals surface area contributed by atoms with Gasteiger partial charge in [-0.05, 0) is 23.9 Å². The third-order valence-corrected chi connectivity index (χ3v) is 4.66. The minimum atomic E-state index is -4.31. The standard InChI is InChI=1S/C13H9F3N2OS2/c14-13(15,16)21-8-3-1-7(2-4-8)11-17-10-6-20-5-9(10)12(19)18-11/h1-4H,5-6H2,(H,17,18,19). The van der Waals surface area contributed by atoms with Gasteiger partial charge in [0.25, 0.3) is 5.56 Å². The van der Waals surface area contributed by atoms with Crippen LogP contribution in [0.1, 0.15) is 11.3 Å². The first-order valence-electron chi connectivity index (χ1n) is 5.98. The van der Waals surface area contributed by atoms with E-state index in [1.807, 2.05) is 0 Å². The Kier molecular flexibility index (Phi) is 3.75. The van der Waals surface area contributed by atoms with E-state index in [1.54, 1.807) is 11.8 Å². The second kappa shape index (κ2) is 5.42. The molecular formula is C13H9F3N2OS2. The summed E-state index contributed by atoms with van der Waals surface area (Å²) in [7, 11) is 0. The first-order valence-corrected chi connectivity index (χ1v) is 7.95. The quantitative estimate of drug-likeness (QED) is 0.851. The molecule has 3 nitrogen and oxygen atoms in total. The van der Waals surface area contributed by atoms with Crippen LogP contribution >= 0.6 is 23.5 Å². The minimum Gasteiger partial charge on any atom is -0.306 e. The van der Waals surface area contributed by atoms with Gasteiger partial charge in [0.1, 0.15) is 5.82 Å². The summed E-state index contributed by atoms with van der Waals surface area (Å²) in [5.74, 6) is 1.73. The van der Waals surface area contributed by atoms with Gasteiger partial charge in [-0.3, -0.25) is 4.79 Å². The monoisotopic (exact) mass is 330 g/mol. The van der Waals surface area contributed by atoms with Crippen molar-refractivity contribution in [2.45, 2.75) is 21.9 Å². The van der Waals surface area contributed by atoms with E-state index in [-0.39, 0.29) is 22.2 Å². The third kappa shape index (κ3) is 3.26. The Labute approximate surface area is 126 Å². The molecule has 0 amide bonds. The number of alkyl halides is 3. The van der Waals surface area contributed by atoms with Crippen LogP contribution in [-0.4, -0.2) is 15.5 Å². The molecule has 2 heterocycles. The Morgan fingerprint density at radius 2 is 1.90 bits per heavy atom. The molecular weight excluding hydrogens is 321 g/mol. The lowest BCUT2D eigenvalue weighted by Gasteiger charge is -2.07. The summed E-state index contributed by atoms with van der Waals surface area (Å²) >= 11 is 1.45. The Hall–Kier alpha value is -1.41. The minimum absolute atomic E-state index is 0.102. The van der Waals surface area contributed by atoms with Crippen LogP contribution in [0.2, 0.25) is 0 Å². The van der Waals surface area contributed by atoms with Crippen LogP contribution in [0.4, 0.5) is 13.2 Å². The van der Waals surface area contributed by atoms with Gasteiger partial charge in [-0.15, -0.1) is 0 Å². The first kappa shape index (κ1) is 14.5. The topological polar surface area (TPSA) is 45.8 Å². The maximum absolute atomic E-state index is 12.3. The van der Waals surface area contributed by atoms with E-state index in [0.29, 0.717) is 28.5 Å². The molecule has 1 N–H and O–H groups in total. The summed E-state index contributed by atoms with van der Waals surface area (Å²) < 4.78 is 36.8. The van der Waals surface area contributed by atoms with Gasteiger partial charge < -0.3 is 4.98 Å². The van der Waals surface area contributed by atoms with Gasteiger partial charge in [0.15, 0.2) is 0 Å². The van der Waals surface area contributed by atoms with E-state index in [9.17, 15) is 18.0 Å². The van der Waals surface area contributed by atoms with Crippen LogP contribution in [0.25, 0.3) is 11.4 Å². The molecule has 0 unspecified atom stereocenters. The SMILES string of the molecule is O=c1[nH]c(-c2ccc(SC(F)(F)F)cc2)nc2c1CSC2. The molecule has 21 heavy (non-hydrogen) atoms. The van der Waals surface area contributed by atoms with Crippen LogP contribution in [-0.2, 0) is 11.5 Å². The van der Waals surface area contributed by atoms with Gasteiger partial charge in [0.05, 0.1) is 5.69 Å². The van der Waals surface area contributed by atoms with Crippen molar-refractivity contribution in [1.29, 1.82) is 0 Å². The van der Waals surface area contributed by atoms with Gasteiger partial charge in [-0.1, -0.05) is 12.1 Å². The van der Waals surface area contributed by atoms with Crippen LogP contribution in [0.3, 0.4) is 0 Å². The summed E-state index contributed by atoms with van der Waals surface area (Å²) in [4.78, 5) is 19.1. The van der Waals surface area contributed by atoms with Crippen molar-refractivity contribution in [3.8, 4) is 11.4 Å². The molecule has 2 aromatic rings. The van der Waals surface area contributed by atoms with Crippen LogP contribution in [0.15, 0.2) is 34.0 Å². The number of benzene rings is 1. The van der Waals surface area contributed by atoms with Gasteiger partial charge >= 0.3 is 5.51 Å². The predicted octanol–water partition coefficient (Wildman–Crippen LogP) is 3.80. The Morgan fingerprint density at radius 3 is 2.57 bits per heavy atom. The van der Waals surface area contributed by atoms with Crippen LogP contribution in [0.5, 0.6) is 0 Å². The zero-order valence-corrected chi connectivity index (χ0v) is 12.2. The molecule has 0 fully saturated rings. The van der Waals surface area contributed by atoms with Crippen molar-refractivity contribution in [3.63, 3.8) is 0 Å². The second-order valence-corrected chi connectivity index (χ2v) is 6.53. The number of rotatable bonds is 2. The molecule has 0 aliphatic carbocycles. The molecule has 0 atom stereocenters. The number of nitrogens with one attached hydrogen (secondary N) is 1. The number of thioether (sulfide) groups is 2. The van der Waals surface area contributed by atoms with Crippen molar-refractivity contribution >= 4 is 23.5 Å². The lowest BCUT2D eigenvalue weighted by atomic mass is 10.2. The molecule has 0 radical (unpaired) electrons. The van der Waals surface area contributed by atoms with Crippen molar-refractivity contribution in [1.82, 2.24) is 9.97 Å². The highest BCUT2D eigenvalue weighted by Gasteiger charge is 2.29. The van der Waals surface area contributed by atoms with E-state index in [0.717, 1.165) is 5.69 Å². The molecule has 0 saturated heterocycles. The number of aromatic nitrogens is 2. The smallest absolute Gasteiger partial charge is 0.306 e. The fourth-order valence-corrected chi connectivity index (χ4v) is 3.59. The summed E-state index contributed by atoms with van der Waals surface area (Å²) in [6.45, 7) is 0. The summed E-state index contributed by atoms with van der Waals surface area (Å²) in [5, 5.41) is 0. The average molecular weight is 330 g/mol. The number of fused-ring (bicyclic) bond motifs is 1. The van der Waals surface area contributed by atoms with Gasteiger partial charge in [-0.25, -0.2) is 4.98 Å². The van der Waals surface area contributed by atoms with E-state index < -0.39 is 5.51 Å². The van der Waals surface area contributed by atoms with E-state index in [1.165, 1.54) is 24.3 Å². The van der Waals surface area contributed by atoms with Gasteiger partial charge in [-0.2, -0.15) is 24.9 Å². The number of nitrogens with zero attached hydrogens (tertiary/aromatic N) is 1. The molecule has 1 aliphatic rings. The first-order chi connectivity index (χ1) is 9.92. The van der Waals surface area contributed by atoms with Crippen LogP contribution in [0, 0.1) is 0 Å². The number of H-pyrrole nitrogens is 1. The number of halogens is 3. The Morgan fingerprint density at radius 1 is 1.19 bits per heavy atom. The predicted molar refractivity (Wildman–Crippen MR) is 77.2 cm³/mol. The third-order valence-electron chi connectivity index (χ3n) is 2.95. The average Bonchev–Trinajstić information content (AvgIpc) is 2.86. The highest BCUT2D eigenvalue weighted by Crippen LogP contribution is 2.37. The van der Waals surface area contributed by atoms with Gasteiger partial charge in [0.2, 0.25) is 0 Å². The zero-order valence-electron chi connectivity index (χ0n) is 10.5. The molecule has 1 aromatic heterocycles. The molecule has 8 heteroatoms. The molecule has 1 aliphatic heterocycles. The largest absolute Gasteiger partial charge is 0.446 e.